The molecule has 0 aliphatic carbocycles. The highest BCUT2D eigenvalue weighted by atomic mass is 16.2. The van der Waals surface area contributed by atoms with Crippen LogP contribution in [-0.4, -0.2) is 64.0 Å². The lowest BCUT2D eigenvalue weighted by Crippen LogP contribution is -2.49. The van der Waals surface area contributed by atoms with Crippen LogP contribution in [0.3, 0.4) is 0 Å². The number of nitrogens with zero attached hydrogens (tertiary/aromatic N) is 4. The number of ketones is 1. The highest BCUT2D eigenvalue weighted by Crippen LogP contribution is 2.11. The molecular formula is C24H33N5O3. The summed E-state index contributed by atoms with van der Waals surface area (Å²) in [7, 11) is 1.39. The number of hydrogen-bond acceptors (Lipinski definition) is 6. The maximum atomic E-state index is 13.0. The molecule has 172 valence electrons. The first kappa shape index (κ1) is 23.7. The zero-order valence-electron chi connectivity index (χ0n) is 19.2. The summed E-state index contributed by atoms with van der Waals surface area (Å²) < 4.78 is 2.30. The second-order valence-corrected chi connectivity index (χ2v) is 8.72. The van der Waals surface area contributed by atoms with Gasteiger partial charge in [0.25, 0.3) is 5.56 Å². The number of Topliss-reactive ketones (excluding diaryl/α,β-unsaturated/α-hetero) is 1. The van der Waals surface area contributed by atoms with Crippen molar-refractivity contribution in [3.63, 3.8) is 0 Å². The molecule has 0 amide bonds. The highest BCUT2D eigenvalue weighted by Gasteiger charge is 2.25. The van der Waals surface area contributed by atoms with E-state index in [9.17, 15) is 14.4 Å². The lowest BCUT2D eigenvalue weighted by molar-refractivity contribution is 0.0863. The first-order valence-electron chi connectivity index (χ1n) is 11.1. The Kier molecular flexibility index (Phi) is 7.82. The SMILES string of the molecule is CC(C)Cn1c(N)c(C(=O)CN2CCN(C/C=C/c3ccccc3)CC2)c(=O)n(C)c1=O. The number of benzene rings is 1. The molecule has 1 fully saturated rings. The van der Waals surface area contributed by atoms with Crippen LogP contribution in [-0.2, 0) is 13.6 Å². The summed E-state index contributed by atoms with van der Waals surface area (Å²) in [4.78, 5) is 42.4. The number of nitrogens with two attached hydrogens (primary N) is 1. The van der Waals surface area contributed by atoms with Gasteiger partial charge < -0.3 is 5.73 Å². The molecule has 1 aliphatic heterocycles. The van der Waals surface area contributed by atoms with Crippen LogP contribution >= 0.6 is 0 Å². The zero-order chi connectivity index (χ0) is 23.3. The summed E-state index contributed by atoms with van der Waals surface area (Å²) in [6.45, 7) is 8.37. The average molecular weight is 440 g/mol. The molecule has 3 rings (SSSR count). The fraction of sp³-hybridized carbons (Fsp3) is 0.458. The van der Waals surface area contributed by atoms with Gasteiger partial charge in [0.05, 0.1) is 6.54 Å². The van der Waals surface area contributed by atoms with Crippen LogP contribution in [0.4, 0.5) is 5.82 Å². The van der Waals surface area contributed by atoms with Gasteiger partial charge >= 0.3 is 5.69 Å². The molecule has 0 radical (unpaired) electrons. The molecule has 0 bridgehead atoms. The van der Waals surface area contributed by atoms with E-state index >= 15 is 0 Å². The highest BCUT2D eigenvalue weighted by molar-refractivity contribution is 6.01. The molecule has 32 heavy (non-hydrogen) atoms. The number of carbonyl (C=O) groups excluding carboxylic acids is 1. The third-order valence-corrected chi connectivity index (χ3v) is 5.72. The van der Waals surface area contributed by atoms with Gasteiger partial charge in [-0.1, -0.05) is 56.3 Å². The first-order chi connectivity index (χ1) is 15.3. The topological polar surface area (TPSA) is 93.6 Å². The van der Waals surface area contributed by atoms with E-state index in [4.69, 9.17) is 5.73 Å². The van der Waals surface area contributed by atoms with Crippen molar-refractivity contribution in [3.05, 3.63) is 68.4 Å². The van der Waals surface area contributed by atoms with Gasteiger partial charge in [-0.25, -0.2) is 4.79 Å². The maximum Gasteiger partial charge on any atom is 0.332 e. The second-order valence-electron chi connectivity index (χ2n) is 8.72. The van der Waals surface area contributed by atoms with Gasteiger partial charge in [0.15, 0.2) is 5.78 Å². The summed E-state index contributed by atoms with van der Waals surface area (Å²) in [5, 5.41) is 0. The van der Waals surface area contributed by atoms with Gasteiger partial charge in [0.1, 0.15) is 11.4 Å². The van der Waals surface area contributed by atoms with Crippen molar-refractivity contribution in [3.8, 4) is 0 Å². The van der Waals surface area contributed by atoms with E-state index in [0.29, 0.717) is 6.54 Å². The van der Waals surface area contributed by atoms with Crippen LogP contribution in [0.25, 0.3) is 6.08 Å². The smallest absolute Gasteiger partial charge is 0.332 e. The molecular weight excluding hydrogens is 406 g/mol. The Morgan fingerprint density at radius 3 is 2.31 bits per heavy atom. The third kappa shape index (κ3) is 5.63. The first-order valence-corrected chi connectivity index (χ1v) is 11.1. The number of carbonyl (C=O) groups is 1. The van der Waals surface area contributed by atoms with Gasteiger partial charge in [-0.15, -0.1) is 0 Å². The van der Waals surface area contributed by atoms with Gasteiger partial charge in [-0.3, -0.25) is 28.5 Å². The zero-order valence-corrected chi connectivity index (χ0v) is 19.2. The van der Waals surface area contributed by atoms with Gasteiger partial charge in [-0.05, 0) is 11.5 Å². The average Bonchev–Trinajstić information content (AvgIpc) is 2.77. The summed E-state index contributed by atoms with van der Waals surface area (Å²) >= 11 is 0. The lowest BCUT2D eigenvalue weighted by atomic mass is 10.1. The van der Waals surface area contributed by atoms with Crippen LogP contribution in [0, 0.1) is 5.92 Å². The van der Waals surface area contributed by atoms with Crippen LogP contribution in [0.15, 0.2) is 46.0 Å². The molecule has 1 aromatic heterocycles. The van der Waals surface area contributed by atoms with Crippen molar-refractivity contribution in [2.24, 2.45) is 13.0 Å². The van der Waals surface area contributed by atoms with E-state index in [1.54, 1.807) is 0 Å². The van der Waals surface area contributed by atoms with E-state index < -0.39 is 11.2 Å². The van der Waals surface area contributed by atoms with Crippen molar-refractivity contribution < 1.29 is 4.79 Å². The molecule has 0 atom stereocenters. The molecule has 8 heteroatoms. The fourth-order valence-corrected chi connectivity index (χ4v) is 3.90. The molecule has 0 spiro atoms. The summed E-state index contributed by atoms with van der Waals surface area (Å²) in [6, 6.07) is 10.2. The standard InChI is InChI=1S/C24H33N5O3/c1-18(2)16-29-22(25)21(23(31)26(3)24(29)32)20(30)17-28-14-12-27(13-15-28)11-7-10-19-8-5-4-6-9-19/h4-10,18H,11-17,25H2,1-3H3/b10-7+. The lowest BCUT2D eigenvalue weighted by Gasteiger charge is -2.33. The number of nitrogen functional groups attached to an aromatic ring is 1. The van der Waals surface area contributed by atoms with Crippen LogP contribution in [0.1, 0.15) is 29.8 Å². The predicted molar refractivity (Wildman–Crippen MR) is 128 cm³/mol. The Labute approximate surface area is 188 Å². The van der Waals surface area contributed by atoms with Crippen LogP contribution in [0.2, 0.25) is 0 Å². The van der Waals surface area contributed by atoms with Crippen LogP contribution < -0.4 is 17.0 Å². The van der Waals surface area contributed by atoms with Crippen molar-refractivity contribution in [1.29, 1.82) is 0 Å². The minimum absolute atomic E-state index is 0.0264. The quantitative estimate of drug-likeness (QED) is 0.623. The van der Waals surface area contributed by atoms with E-state index in [-0.39, 0.29) is 29.6 Å². The monoisotopic (exact) mass is 439 g/mol. The second kappa shape index (κ2) is 10.6. The van der Waals surface area contributed by atoms with Gasteiger partial charge in [-0.2, -0.15) is 0 Å². The Hall–Kier alpha value is -2.97. The molecule has 0 unspecified atom stereocenters. The maximum absolute atomic E-state index is 13.0. The number of hydrogen-bond donors (Lipinski definition) is 1. The molecule has 2 aromatic rings. The van der Waals surface area contributed by atoms with E-state index in [1.165, 1.54) is 17.2 Å². The van der Waals surface area contributed by atoms with Crippen LogP contribution in [0.5, 0.6) is 0 Å². The molecule has 2 N–H and O–H groups in total. The predicted octanol–water partition coefficient (Wildman–Crippen LogP) is 1.30. The van der Waals surface area contributed by atoms with Crippen molar-refractivity contribution >= 4 is 17.7 Å². The normalized spacial score (nSPS) is 15.6. The summed E-state index contributed by atoms with van der Waals surface area (Å²) in [5.74, 6) is -0.209. The minimum atomic E-state index is -0.623. The largest absolute Gasteiger partial charge is 0.384 e. The summed E-state index contributed by atoms with van der Waals surface area (Å²) in [5.41, 5.74) is 6.11. The third-order valence-electron chi connectivity index (χ3n) is 5.72. The summed E-state index contributed by atoms with van der Waals surface area (Å²) in [6.07, 6.45) is 4.26. The Morgan fingerprint density at radius 1 is 1.06 bits per heavy atom. The molecule has 1 saturated heterocycles. The van der Waals surface area contributed by atoms with E-state index in [0.717, 1.165) is 37.3 Å². The number of rotatable bonds is 8. The van der Waals surface area contributed by atoms with Gasteiger partial charge in [0.2, 0.25) is 0 Å². The Morgan fingerprint density at radius 2 is 1.69 bits per heavy atom. The number of piperazine rings is 1. The fourth-order valence-electron chi connectivity index (χ4n) is 3.90. The van der Waals surface area contributed by atoms with E-state index in [2.05, 4.69) is 29.2 Å². The number of aromatic nitrogens is 2. The minimum Gasteiger partial charge on any atom is -0.384 e. The molecule has 2 heterocycles. The Balaban J connectivity index is 1.61. The van der Waals surface area contributed by atoms with Crippen molar-refractivity contribution in [1.82, 2.24) is 18.9 Å². The van der Waals surface area contributed by atoms with E-state index in [1.807, 2.05) is 36.9 Å². The molecule has 1 aromatic carbocycles. The molecule has 1 aliphatic rings. The Bertz CT molecular complexity index is 1080. The van der Waals surface area contributed by atoms with Crippen molar-refractivity contribution in [2.45, 2.75) is 20.4 Å². The van der Waals surface area contributed by atoms with Gasteiger partial charge in [0, 0.05) is 46.3 Å². The molecule has 8 nitrogen and oxygen atoms in total. The number of anilines is 1. The van der Waals surface area contributed by atoms with Crippen molar-refractivity contribution in [2.75, 3.05) is 45.0 Å². The molecule has 0 saturated carbocycles.